The summed E-state index contributed by atoms with van der Waals surface area (Å²) in [7, 11) is 0. The van der Waals surface area contributed by atoms with Crippen molar-refractivity contribution in [3.05, 3.63) is 63.1 Å². The van der Waals surface area contributed by atoms with E-state index >= 15 is 0 Å². The number of aromatic nitrogens is 2. The first-order valence-electron chi connectivity index (χ1n) is 14.6. The SMILES string of the molecule is O=C(O)c1cc(F)c2nc(NC3CC4(C3)CC3CCC(C4)N3Cc3c(-c4c(Cl)cccc4Cl)noc3C3CC3)sc2c1. The first-order valence-corrected chi connectivity index (χ1v) is 16.1. The molecule has 2 aromatic carbocycles. The molecule has 1 spiro atoms. The smallest absolute Gasteiger partial charge is 0.335 e. The van der Waals surface area contributed by atoms with Crippen LogP contribution in [0.1, 0.15) is 79.0 Å². The van der Waals surface area contributed by atoms with Crippen LogP contribution in [0.2, 0.25) is 10.0 Å². The zero-order valence-corrected chi connectivity index (χ0v) is 25.0. The van der Waals surface area contributed by atoms with Crippen molar-refractivity contribution in [2.24, 2.45) is 5.41 Å². The lowest BCUT2D eigenvalue weighted by Crippen LogP contribution is -2.55. The van der Waals surface area contributed by atoms with Gasteiger partial charge in [-0.1, -0.05) is 45.8 Å². The molecular weight excluding hydrogens is 598 g/mol. The number of fused-ring (bicyclic) bond motifs is 3. The molecule has 2 aliphatic heterocycles. The van der Waals surface area contributed by atoms with Gasteiger partial charge in [0.25, 0.3) is 0 Å². The first kappa shape index (κ1) is 26.9. The number of carboxylic acid groups (broad SMARTS) is 1. The van der Waals surface area contributed by atoms with Crippen LogP contribution in [-0.4, -0.2) is 44.2 Å². The average molecular weight is 628 g/mol. The van der Waals surface area contributed by atoms with E-state index in [2.05, 4.69) is 20.4 Å². The lowest BCUT2D eigenvalue weighted by Gasteiger charge is -2.55. The van der Waals surface area contributed by atoms with Crippen LogP contribution in [0.4, 0.5) is 9.52 Å². The Morgan fingerprint density at radius 2 is 1.83 bits per heavy atom. The van der Waals surface area contributed by atoms with Crippen molar-refractivity contribution in [3.63, 3.8) is 0 Å². The average Bonchev–Trinajstić information content (AvgIpc) is 3.49. The molecule has 2 saturated heterocycles. The van der Waals surface area contributed by atoms with Crippen molar-refractivity contribution < 1.29 is 18.8 Å². The predicted octanol–water partition coefficient (Wildman–Crippen LogP) is 8.36. The number of aromatic carboxylic acids is 1. The lowest BCUT2D eigenvalue weighted by molar-refractivity contribution is -0.0217. The number of halogens is 3. The highest BCUT2D eigenvalue weighted by molar-refractivity contribution is 7.22. The Kier molecular flexibility index (Phi) is 6.34. The molecule has 218 valence electrons. The number of benzene rings is 2. The second-order valence-corrected chi connectivity index (χ2v) is 14.4. The molecule has 8 rings (SSSR count). The maximum Gasteiger partial charge on any atom is 0.335 e. The van der Waals surface area contributed by atoms with Gasteiger partial charge in [0.15, 0.2) is 10.9 Å². The van der Waals surface area contributed by atoms with E-state index in [0.717, 1.165) is 73.7 Å². The van der Waals surface area contributed by atoms with Gasteiger partial charge in [0, 0.05) is 41.7 Å². The number of carboxylic acids is 1. The molecule has 2 saturated carbocycles. The molecule has 0 amide bonds. The number of rotatable bonds is 7. The molecule has 7 nitrogen and oxygen atoms in total. The van der Waals surface area contributed by atoms with Gasteiger partial charge in [-0.25, -0.2) is 14.2 Å². The van der Waals surface area contributed by atoms with Crippen LogP contribution >= 0.6 is 34.5 Å². The van der Waals surface area contributed by atoms with Crippen LogP contribution in [0.15, 0.2) is 34.9 Å². The summed E-state index contributed by atoms with van der Waals surface area (Å²) < 4.78 is 21.0. The summed E-state index contributed by atoms with van der Waals surface area (Å²) in [5.74, 6) is -0.309. The van der Waals surface area contributed by atoms with Crippen molar-refractivity contribution in [2.75, 3.05) is 5.32 Å². The molecular formula is C31H29Cl2FN4O3S. The Morgan fingerprint density at radius 3 is 2.50 bits per heavy atom. The quantitative estimate of drug-likeness (QED) is 0.213. The van der Waals surface area contributed by atoms with E-state index in [-0.39, 0.29) is 17.1 Å². The van der Waals surface area contributed by atoms with Gasteiger partial charge < -0.3 is 14.9 Å². The topological polar surface area (TPSA) is 91.5 Å². The van der Waals surface area contributed by atoms with E-state index in [0.29, 0.717) is 43.3 Å². The molecule has 4 heterocycles. The van der Waals surface area contributed by atoms with Crippen molar-refractivity contribution in [1.82, 2.24) is 15.0 Å². The number of anilines is 1. The lowest BCUT2D eigenvalue weighted by atomic mass is 9.58. The number of hydrogen-bond donors (Lipinski definition) is 2. The second kappa shape index (κ2) is 9.91. The molecule has 2 atom stereocenters. The molecule has 2 bridgehead atoms. The third-order valence-electron chi connectivity index (χ3n) is 9.80. The summed E-state index contributed by atoms with van der Waals surface area (Å²) in [6.45, 7) is 0.801. The van der Waals surface area contributed by atoms with Crippen LogP contribution in [0.5, 0.6) is 0 Å². The highest BCUT2D eigenvalue weighted by Gasteiger charge is 2.54. The fraction of sp³-hybridized carbons (Fsp3) is 0.452. The molecule has 11 heteroatoms. The summed E-state index contributed by atoms with van der Waals surface area (Å²) in [5.41, 5.74) is 3.16. The normalized spacial score (nSPS) is 27.1. The summed E-state index contributed by atoms with van der Waals surface area (Å²) in [6, 6.07) is 9.39. The predicted molar refractivity (Wildman–Crippen MR) is 161 cm³/mol. The third-order valence-corrected chi connectivity index (χ3v) is 11.4. The molecule has 2 unspecified atom stereocenters. The summed E-state index contributed by atoms with van der Waals surface area (Å²) in [6.07, 6.45) is 9.09. The Balaban J connectivity index is 0.977. The number of hydrogen-bond acceptors (Lipinski definition) is 7. The fourth-order valence-corrected chi connectivity index (χ4v) is 9.38. The van der Waals surface area contributed by atoms with Crippen LogP contribution in [0.3, 0.4) is 0 Å². The van der Waals surface area contributed by atoms with Gasteiger partial charge in [-0.2, -0.15) is 0 Å². The number of nitrogens with zero attached hydrogens (tertiary/aromatic N) is 3. The fourth-order valence-electron chi connectivity index (χ4n) is 7.81. The van der Waals surface area contributed by atoms with Crippen molar-refractivity contribution in [2.45, 2.75) is 82.0 Å². The van der Waals surface area contributed by atoms with E-state index in [1.165, 1.54) is 30.2 Å². The number of piperidine rings is 1. The Hall–Kier alpha value is -2.72. The molecule has 4 aliphatic rings. The van der Waals surface area contributed by atoms with Crippen LogP contribution in [0.25, 0.3) is 21.5 Å². The molecule has 4 aromatic rings. The van der Waals surface area contributed by atoms with Gasteiger partial charge in [0.05, 0.1) is 20.3 Å². The van der Waals surface area contributed by atoms with E-state index in [1.807, 2.05) is 18.2 Å². The molecule has 2 aliphatic carbocycles. The monoisotopic (exact) mass is 626 g/mol. The molecule has 42 heavy (non-hydrogen) atoms. The highest BCUT2D eigenvalue weighted by atomic mass is 35.5. The highest BCUT2D eigenvalue weighted by Crippen LogP contribution is 2.57. The molecule has 4 fully saturated rings. The summed E-state index contributed by atoms with van der Waals surface area (Å²) in [5, 5.41) is 19.1. The number of thiazole rings is 1. The van der Waals surface area contributed by atoms with E-state index in [9.17, 15) is 14.3 Å². The maximum atomic E-state index is 14.5. The summed E-state index contributed by atoms with van der Waals surface area (Å²) in [4.78, 5) is 18.4. The van der Waals surface area contributed by atoms with E-state index in [4.69, 9.17) is 27.7 Å². The van der Waals surface area contributed by atoms with Gasteiger partial charge in [-0.05, 0) is 81.0 Å². The first-order chi connectivity index (χ1) is 20.3. The third kappa shape index (κ3) is 4.51. The maximum absolute atomic E-state index is 14.5. The largest absolute Gasteiger partial charge is 0.478 e. The van der Waals surface area contributed by atoms with Gasteiger partial charge in [0.2, 0.25) is 0 Å². The standard InChI is InChI=1S/C31H29Cl2FN4O3S/c32-21-2-1-3-22(33)25(21)26-20(28(41-37-26)15-4-5-15)14-38-18-6-7-19(38)13-31(12-18)10-17(11-31)35-30-36-27-23(34)8-16(29(39)40)9-24(27)42-30/h1-3,8-9,15,17-19H,4-7,10-14H2,(H,35,36)(H,39,40). The summed E-state index contributed by atoms with van der Waals surface area (Å²) >= 11 is 14.5. The second-order valence-electron chi connectivity index (χ2n) is 12.6. The van der Waals surface area contributed by atoms with Gasteiger partial charge in [0.1, 0.15) is 17.0 Å². The van der Waals surface area contributed by atoms with Crippen molar-refractivity contribution in [1.29, 1.82) is 0 Å². The van der Waals surface area contributed by atoms with Crippen LogP contribution in [-0.2, 0) is 6.54 Å². The minimum atomic E-state index is -1.14. The number of nitrogens with one attached hydrogen (secondary N) is 1. The Bertz CT molecular complexity index is 1690. The zero-order chi connectivity index (χ0) is 28.7. The number of carbonyl (C=O) groups is 1. The van der Waals surface area contributed by atoms with Crippen molar-refractivity contribution in [3.8, 4) is 11.3 Å². The minimum Gasteiger partial charge on any atom is -0.478 e. The Labute approximate surface area is 256 Å². The van der Waals surface area contributed by atoms with Crippen molar-refractivity contribution >= 4 is 55.9 Å². The Morgan fingerprint density at radius 1 is 1.12 bits per heavy atom. The molecule has 0 radical (unpaired) electrons. The zero-order valence-electron chi connectivity index (χ0n) is 22.7. The molecule has 2 N–H and O–H groups in total. The van der Waals surface area contributed by atoms with Gasteiger partial charge in [-0.3, -0.25) is 4.90 Å². The molecule has 2 aromatic heterocycles. The van der Waals surface area contributed by atoms with Crippen LogP contribution in [0, 0.1) is 11.2 Å². The van der Waals surface area contributed by atoms with E-state index < -0.39 is 11.8 Å². The van der Waals surface area contributed by atoms with Gasteiger partial charge in [-0.15, -0.1) is 0 Å². The van der Waals surface area contributed by atoms with E-state index in [1.54, 1.807) is 0 Å². The van der Waals surface area contributed by atoms with Gasteiger partial charge >= 0.3 is 5.97 Å². The van der Waals surface area contributed by atoms with Crippen LogP contribution < -0.4 is 5.32 Å². The minimum absolute atomic E-state index is 0.0578.